The van der Waals surface area contributed by atoms with E-state index in [1.165, 1.54) is 0 Å². The molecule has 3 heteroatoms. The summed E-state index contributed by atoms with van der Waals surface area (Å²) in [5, 5.41) is 0. The van der Waals surface area contributed by atoms with Gasteiger partial charge in [0, 0.05) is 11.5 Å². The van der Waals surface area contributed by atoms with Crippen molar-refractivity contribution >= 4 is 0 Å². The van der Waals surface area contributed by atoms with Gasteiger partial charge in [-0.2, -0.15) is 0 Å². The number of methoxy groups -OCH3 is 2. The van der Waals surface area contributed by atoms with Crippen molar-refractivity contribution in [1.82, 2.24) is 0 Å². The SMILES string of the molecule is CCC1(c2ccc(OC)c(OC)c2)C=CC=CC1N. The van der Waals surface area contributed by atoms with Gasteiger partial charge in [0.15, 0.2) is 11.5 Å². The van der Waals surface area contributed by atoms with Gasteiger partial charge in [-0.25, -0.2) is 0 Å². The topological polar surface area (TPSA) is 44.5 Å². The van der Waals surface area contributed by atoms with E-state index in [-0.39, 0.29) is 11.5 Å². The normalized spacial score (nSPS) is 25.4. The molecule has 3 nitrogen and oxygen atoms in total. The van der Waals surface area contributed by atoms with Gasteiger partial charge < -0.3 is 15.2 Å². The Balaban J connectivity index is 2.50. The third kappa shape index (κ3) is 2.26. The predicted molar refractivity (Wildman–Crippen MR) is 77.8 cm³/mol. The minimum atomic E-state index is -0.172. The van der Waals surface area contributed by atoms with Gasteiger partial charge in [0.05, 0.1) is 14.2 Å². The van der Waals surface area contributed by atoms with E-state index in [0.29, 0.717) is 0 Å². The molecule has 0 radical (unpaired) electrons. The third-order valence-electron chi connectivity index (χ3n) is 3.92. The maximum Gasteiger partial charge on any atom is 0.161 e. The molecule has 2 unspecified atom stereocenters. The fraction of sp³-hybridized carbons (Fsp3) is 0.375. The van der Waals surface area contributed by atoms with E-state index in [0.717, 1.165) is 23.5 Å². The smallest absolute Gasteiger partial charge is 0.161 e. The van der Waals surface area contributed by atoms with Gasteiger partial charge in [-0.05, 0) is 24.1 Å². The minimum absolute atomic E-state index is 0.0272. The van der Waals surface area contributed by atoms with Gasteiger partial charge in [0.25, 0.3) is 0 Å². The van der Waals surface area contributed by atoms with Gasteiger partial charge in [0.2, 0.25) is 0 Å². The number of ether oxygens (including phenoxy) is 2. The van der Waals surface area contributed by atoms with Crippen molar-refractivity contribution < 1.29 is 9.47 Å². The number of nitrogens with two attached hydrogens (primary N) is 1. The third-order valence-corrected chi connectivity index (χ3v) is 3.92. The van der Waals surface area contributed by atoms with Crippen LogP contribution in [-0.4, -0.2) is 20.3 Å². The lowest BCUT2D eigenvalue weighted by molar-refractivity contribution is 0.352. The molecular weight excluding hydrogens is 238 g/mol. The second kappa shape index (κ2) is 5.49. The molecule has 1 aliphatic carbocycles. The summed E-state index contributed by atoms with van der Waals surface area (Å²) in [6.07, 6.45) is 9.21. The molecule has 19 heavy (non-hydrogen) atoms. The monoisotopic (exact) mass is 259 g/mol. The summed E-state index contributed by atoms with van der Waals surface area (Å²) in [6.45, 7) is 2.15. The van der Waals surface area contributed by atoms with Crippen molar-refractivity contribution in [3.8, 4) is 11.5 Å². The molecule has 0 spiro atoms. The fourth-order valence-corrected chi connectivity index (χ4v) is 2.67. The molecular formula is C16H21NO2. The van der Waals surface area contributed by atoms with Crippen LogP contribution >= 0.6 is 0 Å². The molecule has 102 valence electrons. The van der Waals surface area contributed by atoms with Crippen LogP contribution in [0.3, 0.4) is 0 Å². The molecule has 0 fully saturated rings. The molecule has 1 aromatic rings. The summed E-state index contributed by atoms with van der Waals surface area (Å²) in [5.74, 6) is 1.48. The Morgan fingerprint density at radius 2 is 1.89 bits per heavy atom. The van der Waals surface area contributed by atoms with Gasteiger partial charge >= 0.3 is 0 Å². The Kier molecular flexibility index (Phi) is 3.96. The number of hydrogen-bond acceptors (Lipinski definition) is 3. The summed E-state index contributed by atoms with van der Waals surface area (Å²) >= 11 is 0. The van der Waals surface area contributed by atoms with Gasteiger partial charge in [-0.1, -0.05) is 37.3 Å². The minimum Gasteiger partial charge on any atom is -0.493 e. The first-order chi connectivity index (χ1) is 9.17. The Bertz CT molecular complexity index is 507. The zero-order valence-corrected chi connectivity index (χ0v) is 11.7. The maximum absolute atomic E-state index is 6.31. The van der Waals surface area contributed by atoms with Crippen LogP contribution in [0.4, 0.5) is 0 Å². The van der Waals surface area contributed by atoms with Crippen LogP contribution in [0.5, 0.6) is 11.5 Å². The molecule has 1 aromatic carbocycles. The Morgan fingerprint density at radius 3 is 2.47 bits per heavy atom. The summed E-state index contributed by atoms with van der Waals surface area (Å²) in [6, 6.07) is 5.99. The maximum atomic E-state index is 6.31. The average Bonchev–Trinajstić information content (AvgIpc) is 2.47. The van der Waals surface area contributed by atoms with Crippen LogP contribution in [0.2, 0.25) is 0 Å². The zero-order valence-electron chi connectivity index (χ0n) is 11.7. The number of allylic oxidation sites excluding steroid dienone is 2. The van der Waals surface area contributed by atoms with Crippen LogP contribution in [0.15, 0.2) is 42.5 Å². The van der Waals surface area contributed by atoms with Crippen LogP contribution < -0.4 is 15.2 Å². The van der Waals surface area contributed by atoms with E-state index in [9.17, 15) is 0 Å². The lowest BCUT2D eigenvalue weighted by Crippen LogP contribution is -2.43. The van der Waals surface area contributed by atoms with E-state index in [4.69, 9.17) is 15.2 Å². The number of hydrogen-bond donors (Lipinski definition) is 1. The Morgan fingerprint density at radius 1 is 1.16 bits per heavy atom. The highest BCUT2D eigenvalue weighted by atomic mass is 16.5. The summed E-state index contributed by atoms with van der Waals surface area (Å²) in [7, 11) is 3.29. The van der Waals surface area contributed by atoms with Crippen molar-refractivity contribution in [3.63, 3.8) is 0 Å². The molecule has 0 aromatic heterocycles. The van der Waals surface area contributed by atoms with Crippen LogP contribution in [0.25, 0.3) is 0 Å². The Hall–Kier alpha value is -1.74. The van der Waals surface area contributed by atoms with Gasteiger partial charge in [-0.15, -0.1) is 0 Å². The molecule has 0 saturated heterocycles. The van der Waals surface area contributed by atoms with E-state index in [1.807, 2.05) is 24.3 Å². The molecule has 0 heterocycles. The molecule has 0 amide bonds. The first kappa shape index (κ1) is 13.7. The first-order valence-corrected chi connectivity index (χ1v) is 6.52. The number of benzene rings is 1. The standard InChI is InChI=1S/C16H21NO2/c1-4-16(10-6-5-7-15(16)17)12-8-9-13(18-2)14(11-12)19-3/h5-11,15H,4,17H2,1-3H3. The molecule has 1 aliphatic rings. The lowest BCUT2D eigenvalue weighted by atomic mass is 9.70. The predicted octanol–water partition coefficient (Wildman–Crippen LogP) is 2.80. The molecule has 2 rings (SSSR count). The van der Waals surface area contributed by atoms with Crippen LogP contribution in [0.1, 0.15) is 18.9 Å². The highest BCUT2D eigenvalue weighted by Crippen LogP contribution is 2.39. The van der Waals surface area contributed by atoms with E-state index in [2.05, 4.69) is 25.1 Å². The van der Waals surface area contributed by atoms with Gasteiger partial charge in [-0.3, -0.25) is 0 Å². The fourth-order valence-electron chi connectivity index (χ4n) is 2.67. The Labute approximate surface area is 114 Å². The first-order valence-electron chi connectivity index (χ1n) is 6.52. The molecule has 0 saturated carbocycles. The van der Waals surface area contributed by atoms with E-state index < -0.39 is 0 Å². The van der Waals surface area contributed by atoms with Crippen LogP contribution in [-0.2, 0) is 5.41 Å². The quantitative estimate of drug-likeness (QED) is 0.904. The van der Waals surface area contributed by atoms with Crippen LogP contribution in [0, 0.1) is 0 Å². The zero-order chi connectivity index (χ0) is 13.9. The van der Waals surface area contributed by atoms with E-state index >= 15 is 0 Å². The lowest BCUT2D eigenvalue weighted by Gasteiger charge is -2.36. The molecule has 2 atom stereocenters. The van der Waals surface area contributed by atoms with Crippen molar-refractivity contribution in [2.75, 3.05) is 14.2 Å². The molecule has 0 aliphatic heterocycles. The second-order valence-electron chi connectivity index (χ2n) is 4.73. The largest absolute Gasteiger partial charge is 0.493 e. The van der Waals surface area contributed by atoms with Crippen molar-refractivity contribution in [1.29, 1.82) is 0 Å². The van der Waals surface area contributed by atoms with E-state index in [1.54, 1.807) is 14.2 Å². The summed E-state index contributed by atoms with van der Waals surface area (Å²) < 4.78 is 10.7. The van der Waals surface area contributed by atoms with Crippen molar-refractivity contribution in [3.05, 3.63) is 48.1 Å². The highest BCUT2D eigenvalue weighted by molar-refractivity contribution is 5.49. The average molecular weight is 259 g/mol. The molecule has 0 bridgehead atoms. The number of rotatable bonds is 4. The van der Waals surface area contributed by atoms with Gasteiger partial charge in [0.1, 0.15) is 0 Å². The highest BCUT2D eigenvalue weighted by Gasteiger charge is 2.34. The second-order valence-corrected chi connectivity index (χ2v) is 4.73. The summed E-state index contributed by atoms with van der Waals surface area (Å²) in [4.78, 5) is 0. The summed E-state index contributed by atoms with van der Waals surface area (Å²) in [5.41, 5.74) is 7.29. The van der Waals surface area contributed by atoms with Crippen molar-refractivity contribution in [2.24, 2.45) is 5.73 Å². The van der Waals surface area contributed by atoms with Crippen molar-refractivity contribution in [2.45, 2.75) is 24.8 Å². The molecule has 2 N–H and O–H groups in total.